The van der Waals surface area contributed by atoms with Gasteiger partial charge in [0.15, 0.2) is 18.1 Å². The lowest BCUT2D eigenvalue weighted by molar-refractivity contribution is -0.148. The van der Waals surface area contributed by atoms with E-state index in [0.717, 1.165) is 18.2 Å². The van der Waals surface area contributed by atoms with E-state index in [9.17, 15) is 26.8 Å². The monoisotopic (exact) mass is 481 g/mol. The summed E-state index contributed by atoms with van der Waals surface area (Å²) in [4.78, 5) is 24.5. The highest BCUT2D eigenvalue weighted by atomic mass is 32.2. The molecule has 0 aromatic heterocycles. The van der Waals surface area contributed by atoms with Crippen LogP contribution in [0.5, 0.6) is 11.5 Å². The Bertz CT molecular complexity index is 1180. The number of halogens is 2. The summed E-state index contributed by atoms with van der Waals surface area (Å²) in [5, 5.41) is 0. The van der Waals surface area contributed by atoms with Crippen LogP contribution >= 0.6 is 0 Å². The van der Waals surface area contributed by atoms with Crippen molar-refractivity contribution in [3.63, 3.8) is 0 Å². The van der Waals surface area contributed by atoms with Crippen molar-refractivity contribution in [2.75, 3.05) is 32.9 Å². The first-order chi connectivity index (χ1) is 15.8. The zero-order valence-corrected chi connectivity index (χ0v) is 18.3. The van der Waals surface area contributed by atoms with E-state index in [1.807, 2.05) is 0 Å². The van der Waals surface area contributed by atoms with Crippen LogP contribution in [-0.4, -0.2) is 57.4 Å². The maximum Gasteiger partial charge on any atom is 0.309 e. The highest BCUT2D eigenvalue weighted by Crippen LogP contribution is 2.34. The number of Topliss-reactive ketones (excluding diaryl/α,β-unsaturated/α-hetero) is 1. The Morgan fingerprint density at radius 1 is 1.00 bits per heavy atom. The molecule has 0 bridgehead atoms. The molecule has 2 aromatic carbocycles. The fourth-order valence-corrected chi connectivity index (χ4v) is 5.19. The molecule has 0 unspecified atom stereocenters. The van der Waals surface area contributed by atoms with E-state index in [-0.39, 0.29) is 30.8 Å². The molecule has 2 aliphatic heterocycles. The van der Waals surface area contributed by atoms with Gasteiger partial charge in [-0.2, -0.15) is 4.31 Å². The number of hydrogen-bond donors (Lipinski definition) is 0. The van der Waals surface area contributed by atoms with Crippen LogP contribution < -0.4 is 9.47 Å². The van der Waals surface area contributed by atoms with Gasteiger partial charge in [-0.1, -0.05) is 0 Å². The standard InChI is InChI=1S/C22H21F2NO7S/c23-15-1-3-18(24)17(11-15)19(26)13-32-22(27)14-5-7-25(8-6-14)33(28,29)16-2-4-20-21(12-16)31-10-9-30-20/h1-4,11-12,14H,5-10,13H2. The van der Waals surface area contributed by atoms with Crippen LogP contribution in [0, 0.1) is 17.6 Å². The number of nitrogens with zero attached hydrogens (tertiary/aromatic N) is 1. The first-order valence-electron chi connectivity index (χ1n) is 10.3. The minimum atomic E-state index is -3.80. The summed E-state index contributed by atoms with van der Waals surface area (Å²) in [5.74, 6) is -3.00. The predicted octanol–water partition coefficient (Wildman–Crippen LogP) is 2.56. The van der Waals surface area contributed by atoms with E-state index < -0.39 is 51.5 Å². The number of hydrogen-bond acceptors (Lipinski definition) is 7. The molecule has 176 valence electrons. The van der Waals surface area contributed by atoms with Crippen LogP contribution in [0.2, 0.25) is 0 Å². The van der Waals surface area contributed by atoms with Crippen LogP contribution in [0.1, 0.15) is 23.2 Å². The SMILES string of the molecule is O=C(COC(=O)C1CCN(S(=O)(=O)c2ccc3c(c2)OCCO3)CC1)c1cc(F)ccc1F. The molecule has 0 saturated carbocycles. The molecule has 2 aromatic rings. The lowest BCUT2D eigenvalue weighted by Crippen LogP contribution is -2.40. The van der Waals surface area contributed by atoms with Gasteiger partial charge in [0.1, 0.15) is 24.8 Å². The highest BCUT2D eigenvalue weighted by Gasteiger charge is 2.33. The van der Waals surface area contributed by atoms with Crippen molar-refractivity contribution >= 4 is 21.8 Å². The fraction of sp³-hybridized carbons (Fsp3) is 0.364. The number of rotatable bonds is 6. The molecule has 0 N–H and O–H groups in total. The van der Waals surface area contributed by atoms with Gasteiger partial charge in [0.2, 0.25) is 15.8 Å². The minimum Gasteiger partial charge on any atom is -0.486 e. The van der Waals surface area contributed by atoms with Gasteiger partial charge in [-0.3, -0.25) is 9.59 Å². The summed E-state index contributed by atoms with van der Waals surface area (Å²) >= 11 is 0. The highest BCUT2D eigenvalue weighted by molar-refractivity contribution is 7.89. The predicted molar refractivity (Wildman–Crippen MR) is 111 cm³/mol. The third-order valence-electron chi connectivity index (χ3n) is 5.51. The molecule has 2 aliphatic rings. The Morgan fingerprint density at radius 3 is 2.42 bits per heavy atom. The lowest BCUT2D eigenvalue weighted by Gasteiger charge is -2.30. The van der Waals surface area contributed by atoms with E-state index in [4.69, 9.17) is 14.2 Å². The van der Waals surface area contributed by atoms with Crippen molar-refractivity contribution < 1.29 is 41.0 Å². The molecule has 8 nitrogen and oxygen atoms in total. The van der Waals surface area contributed by atoms with Crippen LogP contribution in [-0.2, 0) is 19.6 Å². The molecular weight excluding hydrogens is 460 g/mol. The van der Waals surface area contributed by atoms with Crippen LogP contribution in [0.4, 0.5) is 8.78 Å². The Morgan fingerprint density at radius 2 is 1.70 bits per heavy atom. The molecule has 0 radical (unpaired) electrons. The summed E-state index contributed by atoms with van der Waals surface area (Å²) in [6.45, 7) is 0.171. The number of esters is 1. The second kappa shape index (κ2) is 9.44. The van der Waals surface area contributed by atoms with Gasteiger partial charge < -0.3 is 14.2 Å². The molecular formula is C22H21F2NO7S. The number of fused-ring (bicyclic) bond motifs is 1. The van der Waals surface area contributed by atoms with E-state index in [0.29, 0.717) is 24.7 Å². The summed E-state index contributed by atoms with van der Waals surface area (Å²) in [5.41, 5.74) is -0.497. The van der Waals surface area contributed by atoms with Gasteiger partial charge in [-0.25, -0.2) is 17.2 Å². The molecule has 0 amide bonds. The molecule has 0 spiro atoms. The largest absolute Gasteiger partial charge is 0.486 e. The number of benzene rings is 2. The summed E-state index contributed by atoms with van der Waals surface area (Å²) < 4.78 is 70.0. The van der Waals surface area contributed by atoms with Gasteiger partial charge in [0.25, 0.3) is 0 Å². The molecule has 11 heteroatoms. The van der Waals surface area contributed by atoms with Crippen molar-refractivity contribution in [3.8, 4) is 11.5 Å². The third-order valence-corrected chi connectivity index (χ3v) is 7.41. The number of sulfonamides is 1. The molecule has 0 atom stereocenters. The number of ketones is 1. The quantitative estimate of drug-likeness (QED) is 0.462. The van der Waals surface area contributed by atoms with Gasteiger partial charge in [0.05, 0.1) is 16.4 Å². The Labute approximate surface area is 189 Å². The first kappa shape index (κ1) is 23.1. The topological polar surface area (TPSA) is 99.2 Å². The number of piperidine rings is 1. The zero-order valence-electron chi connectivity index (χ0n) is 17.5. The van der Waals surface area contributed by atoms with Crippen molar-refractivity contribution in [3.05, 3.63) is 53.6 Å². The second-order valence-corrected chi connectivity index (χ2v) is 9.58. The molecule has 33 heavy (non-hydrogen) atoms. The second-order valence-electron chi connectivity index (χ2n) is 7.64. The summed E-state index contributed by atoms with van der Waals surface area (Å²) in [6.07, 6.45) is 0.399. The van der Waals surface area contributed by atoms with Gasteiger partial charge in [-0.05, 0) is 43.2 Å². The summed E-state index contributed by atoms with van der Waals surface area (Å²) in [7, 11) is -3.80. The van der Waals surface area contributed by atoms with Crippen molar-refractivity contribution in [1.29, 1.82) is 0 Å². The molecule has 4 rings (SSSR count). The van der Waals surface area contributed by atoms with Gasteiger partial charge in [-0.15, -0.1) is 0 Å². The fourth-order valence-electron chi connectivity index (χ4n) is 3.71. The maximum atomic E-state index is 13.7. The maximum absolute atomic E-state index is 13.7. The van der Waals surface area contributed by atoms with Gasteiger partial charge in [0, 0.05) is 19.2 Å². The average Bonchev–Trinajstić information content (AvgIpc) is 2.83. The van der Waals surface area contributed by atoms with Crippen molar-refractivity contribution in [2.24, 2.45) is 5.92 Å². The smallest absolute Gasteiger partial charge is 0.309 e. The third kappa shape index (κ3) is 4.98. The van der Waals surface area contributed by atoms with Gasteiger partial charge >= 0.3 is 5.97 Å². The van der Waals surface area contributed by atoms with Crippen LogP contribution in [0.25, 0.3) is 0 Å². The molecule has 1 fully saturated rings. The van der Waals surface area contributed by atoms with E-state index >= 15 is 0 Å². The average molecular weight is 481 g/mol. The Hall–Kier alpha value is -3.05. The Balaban J connectivity index is 1.33. The Kier molecular flexibility index (Phi) is 6.61. The van der Waals surface area contributed by atoms with Crippen LogP contribution in [0.3, 0.4) is 0 Å². The van der Waals surface area contributed by atoms with Crippen molar-refractivity contribution in [1.82, 2.24) is 4.31 Å². The normalized spacial score (nSPS) is 16.9. The zero-order chi connectivity index (χ0) is 23.6. The first-order valence-corrected chi connectivity index (χ1v) is 11.7. The number of carbonyl (C=O) groups is 2. The molecule has 0 aliphatic carbocycles. The van der Waals surface area contributed by atoms with E-state index in [1.165, 1.54) is 16.4 Å². The molecule has 2 heterocycles. The van der Waals surface area contributed by atoms with E-state index in [1.54, 1.807) is 6.07 Å². The van der Waals surface area contributed by atoms with Crippen LogP contribution in [0.15, 0.2) is 41.3 Å². The van der Waals surface area contributed by atoms with Crippen molar-refractivity contribution in [2.45, 2.75) is 17.7 Å². The minimum absolute atomic E-state index is 0.0653. The lowest BCUT2D eigenvalue weighted by atomic mass is 9.98. The molecule has 1 saturated heterocycles. The number of carbonyl (C=O) groups excluding carboxylic acids is 2. The summed E-state index contributed by atoms with van der Waals surface area (Å²) in [6, 6.07) is 6.85. The van der Waals surface area contributed by atoms with E-state index in [2.05, 4.69) is 0 Å². The number of ether oxygens (including phenoxy) is 3.